The molecule has 2 rings (SSSR count). The molecular formula is C16H14ClFOS. The minimum Gasteiger partial charge on any atom is -0.293 e. The van der Waals surface area contributed by atoms with Crippen molar-refractivity contribution in [2.45, 2.75) is 17.9 Å². The maximum Gasteiger partial charge on any atom is 0.175 e. The van der Waals surface area contributed by atoms with Crippen LogP contribution in [0.5, 0.6) is 0 Å². The summed E-state index contributed by atoms with van der Waals surface area (Å²) in [5.74, 6) is 0.341. The van der Waals surface area contributed by atoms with Gasteiger partial charge in [0.2, 0.25) is 0 Å². The van der Waals surface area contributed by atoms with Gasteiger partial charge in [0.25, 0.3) is 0 Å². The largest absolute Gasteiger partial charge is 0.293 e. The molecule has 0 saturated carbocycles. The molecular weight excluding hydrogens is 295 g/mol. The Morgan fingerprint density at radius 2 is 1.85 bits per heavy atom. The van der Waals surface area contributed by atoms with Crippen molar-refractivity contribution in [3.8, 4) is 0 Å². The number of ketones is 1. The van der Waals surface area contributed by atoms with E-state index in [0.717, 1.165) is 5.56 Å². The molecule has 0 spiro atoms. The van der Waals surface area contributed by atoms with Gasteiger partial charge in [0.1, 0.15) is 5.82 Å². The molecule has 0 aliphatic heterocycles. The zero-order valence-corrected chi connectivity index (χ0v) is 12.5. The summed E-state index contributed by atoms with van der Waals surface area (Å²) in [5.41, 5.74) is 1.54. The summed E-state index contributed by atoms with van der Waals surface area (Å²) in [6.45, 7) is 1.85. The smallest absolute Gasteiger partial charge is 0.175 e. The van der Waals surface area contributed by atoms with Crippen LogP contribution in [0.4, 0.5) is 4.39 Å². The lowest BCUT2D eigenvalue weighted by Crippen LogP contribution is -2.13. The molecule has 0 amide bonds. The minimum absolute atomic E-state index is 0.00190. The zero-order chi connectivity index (χ0) is 14.5. The van der Waals surface area contributed by atoms with Gasteiger partial charge in [-0.15, -0.1) is 11.8 Å². The third-order valence-corrected chi connectivity index (χ3v) is 4.51. The normalized spacial score (nSPS) is 12.2. The number of hydrogen-bond acceptors (Lipinski definition) is 2. The topological polar surface area (TPSA) is 17.1 Å². The molecule has 20 heavy (non-hydrogen) atoms. The number of thioether (sulfide) groups is 1. The summed E-state index contributed by atoms with van der Waals surface area (Å²) >= 11 is 7.60. The number of benzene rings is 2. The molecule has 1 unspecified atom stereocenters. The predicted molar refractivity (Wildman–Crippen MR) is 82.9 cm³/mol. The highest BCUT2D eigenvalue weighted by Crippen LogP contribution is 2.25. The number of hydrogen-bond donors (Lipinski definition) is 0. The van der Waals surface area contributed by atoms with E-state index in [9.17, 15) is 9.18 Å². The van der Waals surface area contributed by atoms with E-state index in [-0.39, 0.29) is 16.9 Å². The van der Waals surface area contributed by atoms with Gasteiger partial charge in [-0.1, -0.05) is 29.8 Å². The Hall–Kier alpha value is -1.32. The molecule has 0 heterocycles. The number of halogens is 2. The molecule has 0 aliphatic rings. The molecule has 0 saturated heterocycles. The number of carbonyl (C=O) groups excluding carboxylic acids is 1. The van der Waals surface area contributed by atoms with E-state index < -0.39 is 0 Å². The summed E-state index contributed by atoms with van der Waals surface area (Å²) in [6.07, 6.45) is 0. The second kappa shape index (κ2) is 6.91. The minimum atomic E-state index is -0.335. The van der Waals surface area contributed by atoms with E-state index >= 15 is 0 Å². The molecule has 2 aromatic rings. The van der Waals surface area contributed by atoms with Crippen molar-refractivity contribution in [2.24, 2.45) is 0 Å². The highest BCUT2D eigenvalue weighted by atomic mass is 35.5. The quantitative estimate of drug-likeness (QED) is 0.724. The molecule has 0 N–H and O–H groups in total. The van der Waals surface area contributed by atoms with E-state index in [1.54, 1.807) is 0 Å². The number of rotatable bonds is 5. The summed E-state index contributed by atoms with van der Waals surface area (Å²) in [6, 6.07) is 13.2. The fourth-order valence-corrected chi connectivity index (χ4v) is 3.01. The van der Waals surface area contributed by atoms with Crippen molar-refractivity contribution in [1.82, 2.24) is 0 Å². The summed E-state index contributed by atoms with van der Waals surface area (Å²) in [7, 11) is 0. The van der Waals surface area contributed by atoms with Gasteiger partial charge >= 0.3 is 0 Å². The highest BCUT2D eigenvalue weighted by Gasteiger charge is 2.16. The predicted octanol–water partition coefficient (Wildman–Crippen LogP) is 4.98. The van der Waals surface area contributed by atoms with Gasteiger partial charge in [0.05, 0.1) is 5.25 Å². The summed E-state index contributed by atoms with van der Waals surface area (Å²) < 4.78 is 12.8. The lowest BCUT2D eigenvalue weighted by Gasteiger charge is -2.11. The molecule has 0 fully saturated rings. The third kappa shape index (κ3) is 3.84. The Morgan fingerprint density at radius 1 is 1.20 bits per heavy atom. The van der Waals surface area contributed by atoms with Crippen molar-refractivity contribution < 1.29 is 9.18 Å². The van der Waals surface area contributed by atoms with E-state index in [2.05, 4.69) is 0 Å². The van der Waals surface area contributed by atoms with E-state index in [1.165, 1.54) is 36.0 Å². The van der Waals surface area contributed by atoms with Crippen molar-refractivity contribution in [2.75, 3.05) is 0 Å². The zero-order valence-electron chi connectivity index (χ0n) is 11.0. The monoisotopic (exact) mass is 308 g/mol. The van der Waals surface area contributed by atoms with Gasteiger partial charge in [-0.2, -0.15) is 0 Å². The van der Waals surface area contributed by atoms with Crippen molar-refractivity contribution in [1.29, 1.82) is 0 Å². The highest BCUT2D eigenvalue weighted by molar-refractivity contribution is 7.99. The lowest BCUT2D eigenvalue weighted by molar-refractivity contribution is 0.0994. The third-order valence-electron chi connectivity index (χ3n) is 2.94. The van der Waals surface area contributed by atoms with Gasteiger partial charge in [0, 0.05) is 16.3 Å². The van der Waals surface area contributed by atoms with Gasteiger partial charge in [-0.25, -0.2) is 4.39 Å². The molecule has 2 aromatic carbocycles. The first-order valence-electron chi connectivity index (χ1n) is 6.22. The average Bonchev–Trinajstić information content (AvgIpc) is 2.46. The van der Waals surface area contributed by atoms with Crippen molar-refractivity contribution in [3.63, 3.8) is 0 Å². The van der Waals surface area contributed by atoms with Crippen LogP contribution in [0.25, 0.3) is 0 Å². The van der Waals surface area contributed by atoms with Gasteiger partial charge in [-0.05, 0) is 42.8 Å². The molecule has 0 radical (unpaired) electrons. The molecule has 104 valence electrons. The lowest BCUT2D eigenvalue weighted by atomic mass is 10.1. The first-order valence-corrected chi connectivity index (χ1v) is 7.65. The van der Waals surface area contributed by atoms with Crippen LogP contribution in [0.1, 0.15) is 22.8 Å². The molecule has 4 heteroatoms. The van der Waals surface area contributed by atoms with Crippen LogP contribution in [0.3, 0.4) is 0 Å². The van der Waals surface area contributed by atoms with Crippen LogP contribution in [-0.2, 0) is 5.75 Å². The maximum atomic E-state index is 12.8. The Bertz CT molecular complexity index is 598. The Kier molecular flexibility index (Phi) is 5.21. The van der Waals surface area contributed by atoms with Crippen LogP contribution >= 0.6 is 23.4 Å². The molecule has 1 atom stereocenters. The maximum absolute atomic E-state index is 12.8. The fraction of sp³-hybridized carbons (Fsp3) is 0.188. The Labute approximate surface area is 127 Å². The van der Waals surface area contributed by atoms with Crippen LogP contribution in [0.2, 0.25) is 5.02 Å². The molecule has 0 aliphatic carbocycles. The van der Waals surface area contributed by atoms with Gasteiger partial charge in [0.15, 0.2) is 5.78 Å². The second-order valence-electron chi connectivity index (χ2n) is 4.42. The summed E-state index contributed by atoms with van der Waals surface area (Å²) in [5, 5.41) is 0.512. The SMILES string of the molecule is CC(SCc1ccccc1Cl)C(=O)c1ccc(F)cc1. The van der Waals surface area contributed by atoms with Crippen molar-refractivity contribution >= 4 is 29.1 Å². The van der Waals surface area contributed by atoms with Crippen LogP contribution in [-0.4, -0.2) is 11.0 Å². The first kappa shape index (κ1) is 15.1. The second-order valence-corrected chi connectivity index (χ2v) is 6.15. The number of Topliss-reactive ketones (excluding diaryl/α,β-unsaturated/α-hetero) is 1. The molecule has 1 nitrogen and oxygen atoms in total. The van der Waals surface area contributed by atoms with Crippen LogP contribution in [0.15, 0.2) is 48.5 Å². The number of carbonyl (C=O) groups is 1. The average molecular weight is 309 g/mol. The fourth-order valence-electron chi connectivity index (χ4n) is 1.75. The van der Waals surface area contributed by atoms with E-state index in [4.69, 9.17) is 11.6 Å². The standard InChI is InChI=1S/C16H14ClFOS/c1-11(16(19)12-6-8-14(18)9-7-12)20-10-13-4-2-3-5-15(13)17/h2-9,11H,10H2,1H3. The Morgan fingerprint density at radius 3 is 2.50 bits per heavy atom. The van der Waals surface area contributed by atoms with Crippen molar-refractivity contribution in [3.05, 3.63) is 70.5 Å². The molecule has 0 aromatic heterocycles. The Balaban J connectivity index is 1.98. The summed E-state index contributed by atoms with van der Waals surface area (Å²) in [4.78, 5) is 12.2. The van der Waals surface area contributed by atoms with Gasteiger partial charge < -0.3 is 0 Å². The van der Waals surface area contributed by atoms with Crippen LogP contribution in [0, 0.1) is 5.82 Å². The van der Waals surface area contributed by atoms with Crippen LogP contribution < -0.4 is 0 Å². The van der Waals surface area contributed by atoms with Gasteiger partial charge in [-0.3, -0.25) is 4.79 Å². The first-order chi connectivity index (χ1) is 9.58. The van der Waals surface area contributed by atoms with E-state index in [0.29, 0.717) is 16.3 Å². The molecule has 0 bridgehead atoms. The van der Waals surface area contributed by atoms with E-state index in [1.807, 2.05) is 31.2 Å².